The molecule has 0 spiro atoms. The number of fused-ring (bicyclic) bond motifs is 2. The van der Waals surface area contributed by atoms with Gasteiger partial charge in [0.2, 0.25) is 13.6 Å². The zero-order valence-corrected chi connectivity index (χ0v) is 13.8. The minimum atomic E-state index is -0.419. The Morgan fingerprint density at radius 1 is 0.846 bits per heavy atom. The van der Waals surface area contributed by atoms with E-state index in [0.717, 1.165) is 22.6 Å². The maximum atomic E-state index is 11.8. The summed E-state index contributed by atoms with van der Waals surface area (Å²) in [5, 5.41) is 0. The fourth-order valence-corrected chi connectivity index (χ4v) is 2.56. The number of ether oxygens (including phenoxy) is 5. The van der Waals surface area contributed by atoms with Crippen molar-refractivity contribution < 1.29 is 28.5 Å². The summed E-state index contributed by atoms with van der Waals surface area (Å²) in [6.07, 6.45) is 6.68. The van der Waals surface area contributed by atoms with E-state index in [-0.39, 0.29) is 20.2 Å². The van der Waals surface area contributed by atoms with Gasteiger partial charge >= 0.3 is 5.97 Å². The van der Waals surface area contributed by atoms with E-state index in [4.69, 9.17) is 23.7 Å². The summed E-state index contributed by atoms with van der Waals surface area (Å²) in [5.41, 5.74) is 1.78. The lowest BCUT2D eigenvalue weighted by Gasteiger charge is -1.99. The molecule has 132 valence electrons. The van der Waals surface area contributed by atoms with E-state index in [1.807, 2.05) is 36.4 Å². The molecule has 2 aromatic rings. The summed E-state index contributed by atoms with van der Waals surface area (Å²) in [6.45, 7) is 0.648. The minimum absolute atomic E-state index is 0.179. The average Bonchev–Trinajstić information content (AvgIpc) is 3.31. The molecule has 6 heteroatoms. The summed E-state index contributed by atoms with van der Waals surface area (Å²) in [5.74, 6) is 2.42. The third-order valence-electron chi connectivity index (χ3n) is 3.84. The van der Waals surface area contributed by atoms with Gasteiger partial charge in [-0.2, -0.15) is 0 Å². The highest BCUT2D eigenvalue weighted by Crippen LogP contribution is 2.33. The first-order valence-electron chi connectivity index (χ1n) is 8.09. The smallest absolute Gasteiger partial charge is 0.331 e. The Bertz CT molecular complexity index is 884. The lowest BCUT2D eigenvalue weighted by Crippen LogP contribution is -1.99. The van der Waals surface area contributed by atoms with Crippen molar-refractivity contribution in [2.75, 3.05) is 20.2 Å². The van der Waals surface area contributed by atoms with Crippen molar-refractivity contribution in [1.29, 1.82) is 0 Å². The van der Waals surface area contributed by atoms with Crippen LogP contribution in [0.4, 0.5) is 0 Å². The Balaban J connectivity index is 1.27. The molecule has 0 bridgehead atoms. The highest BCUT2D eigenvalue weighted by atomic mass is 16.7. The molecule has 6 nitrogen and oxygen atoms in total. The fourth-order valence-electron chi connectivity index (χ4n) is 2.56. The molecule has 0 aromatic heterocycles. The molecule has 0 N–H and O–H groups in total. The highest BCUT2D eigenvalue weighted by Gasteiger charge is 2.13. The molecular formula is C20H16O6. The monoisotopic (exact) mass is 352 g/mol. The summed E-state index contributed by atoms with van der Waals surface area (Å²) in [7, 11) is 0. The van der Waals surface area contributed by atoms with Crippen LogP contribution in [0.2, 0.25) is 0 Å². The highest BCUT2D eigenvalue weighted by molar-refractivity contribution is 5.87. The van der Waals surface area contributed by atoms with E-state index in [2.05, 4.69) is 0 Å². The second-order valence-electron chi connectivity index (χ2n) is 5.59. The SMILES string of the molecule is O=C(/C=C/c1ccc2c(c1)OCO2)OC/C=C/c1ccc2c(c1)OCO2. The van der Waals surface area contributed by atoms with Gasteiger partial charge in [-0.05, 0) is 47.5 Å². The standard InChI is InChI=1S/C20H16O6/c21-20(8-5-15-4-7-17-19(11-15)26-13-24-17)22-9-1-2-14-3-6-16-18(10-14)25-12-23-16/h1-8,10-11H,9,12-13H2/b2-1+,8-5+. The Kier molecular flexibility index (Phi) is 4.47. The summed E-state index contributed by atoms with van der Waals surface area (Å²) < 4.78 is 26.3. The van der Waals surface area contributed by atoms with Gasteiger partial charge in [0.1, 0.15) is 6.61 Å². The van der Waals surface area contributed by atoms with Gasteiger partial charge in [0, 0.05) is 6.08 Å². The molecule has 2 aromatic carbocycles. The van der Waals surface area contributed by atoms with Crippen molar-refractivity contribution in [3.63, 3.8) is 0 Å². The van der Waals surface area contributed by atoms with Crippen LogP contribution in [0, 0.1) is 0 Å². The van der Waals surface area contributed by atoms with Crippen molar-refractivity contribution in [3.05, 3.63) is 59.7 Å². The van der Waals surface area contributed by atoms with Crippen LogP contribution in [0.3, 0.4) is 0 Å². The Morgan fingerprint density at radius 3 is 2.08 bits per heavy atom. The second-order valence-corrected chi connectivity index (χ2v) is 5.59. The zero-order chi connectivity index (χ0) is 17.8. The van der Waals surface area contributed by atoms with Crippen LogP contribution in [-0.4, -0.2) is 26.2 Å². The molecule has 2 aliphatic heterocycles. The fraction of sp³-hybridized carbons (Fsp3) is 0.150. The number of hydrogen-bond acceptors (Lipinski definition) is 6. The van der Waals surface area contributed by atoms with E-state index < -0.39 is 5.97 Å². The molecule has 0 saturated heterocycles. The second kappa shape index (κ2) is 7.23. The van der Waals surface area contributed by atoms with Crippen molar-refractivity contribution in [1.82, 2.24) is 0 Å². The topological polar surface area (TPSA) is 63.2 Å². The Morgan fingerprint density at radius 2 is 1.42 bits per heavy atom. The number of carbonyl (C=O) groups excluding carboxylic acids is 1. The number of benzene rings is 2. The molecule has 0 fully saturated rings. The Hall–Kier alpha value is -3.41. The average molecular weight is 352 g/mol. The van der Waals surface area contributed by atoms with Gasteiger partial charge in [-0.3, -0.25) is 0 Å². The van der Waals surface area contributed by atoms with Crippen molar-refractivity contribution >= 4 is 18.1 Å². The normalized spacial score (nSPS) is 14.3. The molecule has 2 heterocycles. The largest absolute Gasteiger partial charge is 0.458 e. The van der Waals surface area contributed by atoms with Gasteiger partial charge in [0.05, 0.1) is 0 Å². The van der Waals surface area contributed by atoms with Crippen molar-refractivity contribution in [2.24, 2.45) is 0 Å². The molecule has 26 heavy (non-hydrogen) atoms. The quantitative estimate of drug-likeness (QED) is 0.607. The number of rotatable bonds is 5. The third-order valence-corrected chi connectivity index (χ3v) is 3.84. The maximum absolute atomic E-state index is 11.8. The molecule has 0 amide bonds. The van der Waals surface area contributed by atoms with Gasteiger partial charge in [0.15, 0.2) is 23.0 Å². The molecule has 0 saturated carbocycles. The van der Waals surface area contributed by atoms with E-state index >= 15 is 0 Å². The molecule has 0 aliphatic carbocycles. The lowest BCUT2D eigenvalue weighted by molar-refractivity contribution is -0.136. The van der Waals surface area contributed by atoms with E-state index in [0.29, 0.717) is 11.5 Å². The van der Waals surface area contributed by atoms with Gasteiger partial charge in [-0.1, -0.05) is 18.2 Å². The van der Waals surface area contributed by atoms with Crippen LogP contribution in [0.15, 0.2) is 48.6 Å². The van der Waals surface area contributed by atoms with Crippen molar-refractivity contribution in [3.8, 4) is 23.0 Å². The summed E-state index contributed by atoms with van der Waals surface area (Å²) >= 11 is 0. The predicted molar refractivity (Wildman–Crippen MR) is 94.2 cm³/mol. The van der Waals surface area contributed by atoms with Gasteiger partial charge < -0.3 is 23.7 Å². The van der Waals surface area contributed by atoms with E-state index in [1.54, 1.807) is 18.2 Å². The molecule has 2 aliphatic rings. The first-order chi connectivity index (χ1) is 12.8. The lowest BCUT2D eigenvalue weighted by atomic mass is 10.2. The number of esters is 1. The Labute approximate surface area is 150 Å². The zero-order valence-electron chi connectivity index (χ0n) is 13.8. The van der Waals surface area contributed by atoms with Crippen LogP contribution in [0.25, 0.3) is 12.2 Å². The van der Waals surface area contributed by atoms with E-state index in [1.165, 1.54) is 6.08 Å². The van der Waals surface area contributed by atoms with E-state index in [9.17, 15) is 4.79 Å². The maximum Gasteiger partial charge on any atom is 0.331 e. The predicted octanol–water partition coefficient (Wildman–Crippen LogP) is 3.41. The first-order valence-corrected chi connectivity index (χ1v) is 8.09. The third kappa shape index (κ3) is 3.64. The summed E-state index contributed by atoms with van der Waals surface area (Å²) in [6, 6.07) is 11.1. The van der Waals surface area contributed by atoms with Crippen molar-refractivity contribution in [2.45, 2.75) is 0 Å². The number of carbonyl (C=O) groups is 1. The number of hydrogen-bond donors (Lipinski definition) is 0. The molecule has 0 atom stereocenters. The van der Waals surface area contributed by atoms with Crippen LogP contribution in [0.5, 0.6) is 23.0 Å². The molecule has 0 unspecified atom stereocenters. The van der Waals surface area contributed by atoms with Gasteiger partial charge in [-0.25, -0.2) is 4.79 Å². The van der Waals surface area contributed by atoms with Gasteiger partial charge in [-0.15, -0.1) is 0 Å². The summed E-state index contributed by atoms with van der Waals surface area (Å²) in [4.78, 5) is 11.8. The van der Waals surface area contributed by atoms with Crippen LogP contribution >= 0.6 is 0 Å². The van der Waals surface area contributed by atoms with Gasteiger partial charge in [0.25, 0.3) is 0 Å². The van der Waals surface area contributed by atoms with Crippen LogP contribution in [0.1, 0.15) is 11.1 Å². The first kappa shape index (κ1) is 16.1. The molecular weight excluding hydrogens is 336 g/mol. The molecule has 0 radical (unpaired) electrons. The van der Waals surface area contributed by atoms with Crippen LogP contribution < -0.4 is 18.9 Å². The van der Waals surface area contributed by atoms with Crippen LogP contribution in [-0.2, 0) is 9.53 Å². The minimum Gasteiger partial charge on any atom is -0.458 e. The molecule has 4 rings (SSSR count).